The molecule has 0 spiro atoms. The number of halogens is 1. The Morgan fingerprint density at radius 3 is 2.46 bits per heavy atom. The highest BCUT2D eigenvalue weighted by atomic mass is 35.5. The Hall–Kier alpha value is -2.35. The molecule has 0 bridgehead atoms. The number of aromatic nitrogens is 3. The first-order chi connectivity index (χ1) is 16.3. The number of nitrogens with zero attached hydrogens (tertiary/aromatic N) is 3. The zero-order chi connectivity index (χ0) is 26.3. The number of esters is 1. The standard InChI is InChI=1S/C27H38ClN3O3Si/c1-11-20-23(18(3)30(7)29-20)24-19(28)13-14-21-22(24)17(2)25(26(32)33-8)31(21)15-12-16-34-35(9,10)27(4,5)6/h11,13-14H,1,12,15-16H2,2-10H3. The van der Waals surface area contributed by atoms with E-state index in [9.17, 15) is 4.79 Å². The Balaban J connectivity index is 2.14. The van der Waals surface area contributed by atoms with Crippen molar-refractivity contribution in [1.82, 2.24) is 14.3 Å². The number of carbonyl (C=O) groups is 1. The minimum atomic E-state index is -1.85. The van der Waals surface area contributed by atoms with Gasteiger partial charge in [-0.2, -0.15) is 5.10 Å². The van der Waals surface area contributed by atoms with E-state index in [0.717, 1.165) is 45.4 Å². The van der Waals surface area contributed by atoms with Gasteiger partial charge in [0, 0.05) is 52.9 Å². The zero-order valence-electron chi connectivity index (χ0n) is 22.5. The maximum atomic E-state index is 12.9. The van der Waals surface area contributed by atoms with E-state index in [4.69, 9.17) is 20.8 Å². The van der Waals surface area contributed by atoms with Gasteiger partial charge in [-0.25, -0.2) is 4.79 Å². The van der Waals surface area contributed by atoms with Crippen LogP contribution in [-0.4, -0.2) is 42.4 Å². The first-order valence-electron chi connectivity index (χ1n) is 12.0. The van der Waals surface area contributed by atoms with Gasteiger partial charge in [0.2, 0.25) is 0 Å². The molecule has 0 radical (unpaired) electrons. The quantitative estimate of drug-likeness (QED) is 0.181. The molecule has 2 aromatic heterocycles. The lowest BCUT2D eigenvalue weighted by molar-refractivity contribution is 0.0587. The maximum absolute atomic E-state index is 12.9. The van der Waals surface area contributed by atoms with Gasteiger partial charge in [-0.1, -0.05) is 39.0 Å². The van der Waals surface area contributed by atoms with Crippen LogP contribution in [0.2, 0.25) is 23.2 Å². The largest absolute Gasteiger partial charge is 0.464 e. The summed E-state index contributed by atoms with van der Waals surface area (Å²) in [6, 6.07) is 3.87. The minimum Gasteiger partial charge on any atom is -0.464 e. The van der Waals surface area contributed by atoms with Gasteiger partial charge in [0.15, 0.2) is 8.32 Å². The van der Waals surface area contributed by atoms with Gasteiger partial charge in [0.1, 0.15) is 5.69 Å². The molecule has 1 aromatic carbocycles. The average molecular weight is 516 g/mol. The molecule has 0 aliphatic carbocycles. The molecule has 0 amide bonds. The Kier molecular flexibility index (Phi) is 7.75. The van der Waals surface area contributed by atoms with Crippen molar-refractivity contribution in [3.8, 4) is 11.1 Å². The molecule has 3 aromatic rings. The zero-order valence-corrected chi connectivity index (χ0v) is 24.3. The van der Waals surface area contributed by atoms with E-state index in [0.29, 0.717) is 23.9 Å². The van der Waals surface area contributed by atoms with Crippen LogP contribution in [0.4, 0.5) is 0 Å². The summed E-state index contributed by atoms with van der Waals surface area (Å²) in [5.74, 6) is -0.363. The number of benzene rings is 1. The third kappa shape index (κ3) is 4.86. The van der Waals surface area contributed by atoms with Crippen LogP contribution in [0, 0.1) is 13.8 Å². The lowest BCUT2D eigenvalue weighted by atomic mass is 9.97. The molecular weight excluding hydrogens is 478 g/mol. The van der Waals surface area contributed by atoms with Crippen LogP contribution in [0.15, 0.2) is 18.7 Å². The van der Waals surface area contributed by atoms with Crippen LogP contribution < -0.4 is 0 Å². The second-order valence-corrected chi connectivity index (χ2v) is 15.8. The number of aryl methyl sites for hydroxylation is 3. The monoisotopic (exact) mass is 515 g/mol. The minimum absolute atomic E-state index is 0.150. The molecule has 0 aliphatic rings. The summed E-state index contributed by atoms with van der Waals surface area (Å²) in [6.07, 6.45) is 2.52. The number of hydrogen-bond donors (Lipinski definition) is 0. The summed E-state index contributed by atoms with van der Waals surface area (Å²) in [5, 5.41) is 6.28. The van der Waals surface area contributed by atoms with E-state index in [1.807, 2.05) is 42.3 Å². The topological polar surface area (TPSA) is 58.3 Å². The molecule has 0 fully saturated rings. The predicted molar refractivity (Wildman–Crippen MR) is 148 cm³/mol. The van der Waals surface area contributed by atoms with E-state index in [1.54, 1.807) is 6.08 Å². The molecule has 6 nitrogen and oxygen atoms in total. The van der Waals surface area contributed by atoms with Gasteiger partial charge in [-0.3, -0.25) is 4.68 Å². The molecule has 8 heteroatoms. The normalized spacial score (nSPS) is 12.4. The first-order valence-corrected chi connectivity index (χ1v) is 15.2. The lowest BCUT2D eigenvalue weighted by Crippen LogP contribution is -2.41. The molecule has 35 heavy (non-hydrogen) atoms. The van der Waals surface area contributed by atoms with Gasteiger partial charge >= 0.3 is 5.97 Å². The fourth-order valence-electron chi connectivity index (χ4n) is 4.30. The van der Waals surface area contributed by atoms with E-state index >= 15 is 0 Å². The second-order valence-electron chi connectivity index (χ2n) is 10.6. The summed E-state index contributed by atoms with van der Waals surface area (Å²) >= 11 is 6.80. The molecule has 0 N–H and O–H groups in total. The highest BCUT2D eigenvalue weighted by Crippen LogP contribution is 2.42. The highest BCUT2D eigenvalue weighted by Gasteiger charge is 2.37. The Labute approximate surface area is 215 Å². The van der Waals surface area contributed by atoms with Crippen molar-refractivity contribution in [2.45, 2.75) is 65.7 Å². The summed E-state index contributed by atoms with van der Waals surface area (Å²) < 4.78 is 15.5. The molecule has 0 aliphatic heterocycles. The summed E-state index contributed by atoms with van der Waals surface area (Å²) in [5.41, 5.74) is 5.85. The third-order valence-electron chi connectivity index (χ3n) is 7.40. The fourth-order valence-corrected chi connectivity index (χ4v) is 5.64. The molecule has 2 heterocycles. The summed E-state index contributed by atoms with van der Waals surface area (Å²) in [4.78, 5) is 12.9. The van der Waals surface area contributed by atoms with Crippen LogP contribution in [0.3, 0.4) is 0 Å². The van der Waals surface area contributed by atoms with Gasteiger partial charge in [0.25, 0.3) is 0 Å². The third-order valence-corrected chi connectivity index (χ3v) is 12.3. The molecule has 0 atom stereocenters. The van der Waals surface area contributed by atoms with E-state index < -0.39 is 8.32 Å². The molecule has 190 valence electrons. The number of ether oxygens (including phenoxy) is 1. The number of methoxy groups -OCH3 is 1. The van der Waals surface area contributed by atoms with Crippen molar-refractivity contribution in [3.63, 3.8) is 0 Å². The highest BCUT2D eigenvalue weighted by molar-refractivity contribution is 6.74. The van der Waals surface area contributed by atoms with Crippen molar-refractivity contribution in [2.24, 2.45) is 7.05 Å². The van der Waals surface area contributed by atoms with Crippen LogP contribution >= 0.6 is 11.6 Å². The maximum Gasteiger partial charge on any atom is 0.354 e. The number of hydrogen-bond acceptors (Lipinski definition) is 4. The van der Waals surface area contributed by atoms with Gasteiger partial charge < -0.3 is 13.7 Å². The Bertz CT molecular complexity index is 1280. The summed E-state index contributed by atoms with van der Waals surface area (Å²) in [6.45, 7) is 20.4. The number of rotatable bonds is 8. The molecule has 0 saturated carbocycles. The van der Waals surface area contributed by atoms with E-state index in [1.165, 1.54) is 7.11 Å². The second kappa shape index (κ2) is 9.95. The molecule has 0 unspecified atom stereocenters. The van der Waals surface area contributed by atoms with Crippen molar-refractivity contribution < 1.29 is 14.0 Å². The first kappa shape index (κ1) is 27.2. The van der Waals surface area contributed by atoms with Gasteiger partial charge in [0.05, 0.1) is 12.8 Å². The van der Waals surface area contributed by atoms with Gasteiger partial charge in [-0.05, 0) is 62.2 Å². The van der Waals surface area contributed by atoms with Crippen molar-refractivity contribution in [3.05, 3.63) is 46.4 Å². The Morgan fingerprint density at radius 2 is 1.89 bits per heavy atom. The van der Waals surface area contributed by atoms with Crippen molar-refractivity contribution >= 4 is 42.9 Å². The Morgan fingerprint density at radius 1 is 1.23 bits per heavy atom. The SMILES string of the molecule is C=Cc1nn(C)c(C)c1-c1c(Cl)ccc2c1c(C)c(C(=O)OC)n2CCCO[Si](C)(C)C(C)(C)C. The van der Waals surface area contributed by atoms with Crippen molar-refractivity contribution in [2.75, 3.05) is 13.7 Å². The molecule has 0 saturated heterocycles. The smallest absolute Gasteiger partial charge is 0.354 e. The number of carbonyl (C=O) groups excluding carboxylic acids is 1. The van der Waals surface area contributed by atoms with Crippen LogP contribution in [0.25, 0.3) is 28.1 Å². The van der Waals surface area contributed by atoms with Crippen LogP contribution in [-0.2, 0) is 22.8 Å². The average Bonchev–Trinajstić information content (AvgIpc) is 3.23. The van der Waals surface area contributed by atoms with Crippen LogP contribution in [0.1, 0.15) is 54.6 Å². The predicted octanol–water partition coefficient (Wildman–Crippen LogP) is 7.15. The lowest BCUT2D eigenvalue weighted by Gasteiger charge is -2.36. The van der Waals surface area contributed by atoms with E-state index in [2.05, 4.69) is 45.5 Å². The summed E-state index contributed by atoms with van der Waals surface area (Å²) in [7, 11) is 1.47. The van der Waals surface area contributed by atoms with Gasteiger partial charge in [-0.15, -0.1) is 0 Å². The van der Waals surface area contributed by atoms with Crippen molar-refractivity contribution in [1.29, 1.82) is 0 Å². The van der Waals surface area contributed by atoms with E-state index in [-0.39, 0.29) is 11.0 Å². The van der Waals surface area contributed by atoms with Crippen LogP contribution in [0.5, 0.6) is 0 Å². The molecular formula is C27H38ClN3O3Si. The number of fused-ring (bicyclic) bond motifs is 1. The molecule has 3 rings (SSSR count). The fraction of sp³-hybridized carbons (Fsp3) is 0.481.